The molecule has 0 aliphatic heterocycles. The van der Waals surface area contributed by atoms with Crippen LogP contribution in [0.3, 0.4) is 0 Å². The molecule has 5 unspecified atom stereocenters. The van der Waals surface area contributed by atoms with E-state index in [9.17, 15) is 0 Å². The van der Waals surface area contributed by atoms with Gasteiger partial charge in [-0.1, -0.05) is 33.1 Å². The summed E-state index contributed by atoms with van der Waals surface area (Å²) < 4.78 is 0. The Kier molecular flexibility index (Phi) is 1.61. The maximum Gasteiger partial charge on any atom is -0.0292 e. The molecule has 0 aromatic heterocycles. The highest BCUT2D eigenvalue weighted by atomic mass is 14.7. The molecule has 5 atom stereocenters. The van der Waals surface area contributed by atoms with Crippen LogP contribution >= 0.6 is 0 Å². The van der Waals surface area contributed by atoms with E-state index in [-0.39, 0.29) is 0 Å². The lowest BCUT2D eigenvalue weighted by atomic mass is 9.34. The van der Waals surface area contributed by atoms with Crippen molar-refractivity contribution in [3.63, 3.8) is 0 Å². The van der Waals surface area contributed by atoms with Crippen molar-refractivity contribution in [1.82, 2.24) is 0 Å². The molecule has 3 rings (SSSR count). The van der Waals surface area contributed by atoms with Gasteiger partial charge in [0.05, 0.1) is 0 Å². The van der Waals surface area contributed by atoms with Crippen LogP contribution in [-0.2, 0) is 0 Å². The maximum atomic E-state index is 2.54. The zero-order valence-electron chi connectivity index (χ0n) is 9.05. The molecule has 3 aliphatic rings. The Balaban J connectivity index is 1.75. The zero-order chi connectivity index (χ0) is 9.05. The van der Waals surface area contributed by atoms with E-state index < -0.39 is 0 Å². The minimum absolute atomic E-state index is 0.767. The van der Waals surface area contributed by atoms with Crippen molar-refractivity contribution in [2.45, 2.75) is 52.4 Å². The summed E-state index contributed by atoms with van der Waals surface area (Å²) in [5.41, 5.74) is 0.767. The first-order chi connectivity index (χ1) is 6.26. The molecule has 0 radical (unpaired) electrons. The first-order valence-corrected chi connectivity index (χ1v) is 6.26. The van der Waals surface area contributed by atoms with E-state index in [4.69, 9.17) is 0 Å². The highest BCUT2D eigenvalue weighted by Gasteiger charge is 2.64. The molecule has 0 heterocycles. The van der Waals surface area contributed by atoms with Crippen LogP contribution in [-0.4, -0.2) is 0 Å². The van der Waals surface area contributed by atoms with Crippen molar-refractivity contribution < 1.29 is 0 Å². The van der Waals surface area contributed by atoms with Gasteiger partial charge in [0.1, 0.15) is 0 Å². The lowest BCUT2D eigenvalue weighted by molar-refractivity contribution is -0.219. The predicted molar refractivity (Wildman–Crippen MR) is 55.4 cm³/mol. The SMILES string of the molecule is CCC1(C)CC2C3CCCCC3C21. The minimum atomic E-state index is 0.767. The summed E-state index contributed by atoms with van der Waals surface area (Å²) in [4.78, 5) is 0. The van der Waals surface area contributed by atoms with Gasteiger partial charge in [-0.3, -0.25) is 0 Å². The fraction of sp³-hybridized carbons (Fsp3) is 1.00. The van der Waals surface area contributed by atoms with Crippen LogP contribution < -0.4 is 0 Å². The number of hydrogen-bond acceptors (Lipinski definition) is 0. The molecule has 0 amide bonds. The first-order valence-electron chi connectivity index (χ1n) is 6.26. The molecule has 0 spiro atoms. The van der Waals surface area contributed by atoms with Crippen LogP contribution in [0.2, 0.25) is 0 Å². The largest absolute Gasteiger partial charge is 0.0649 e. The van der Waals surface area contributed by atoms with Crippen LogP contribution in [0.4, 0.5) is 0 Å². The molecule has 3 aliphatic carbocycles. The Hall–Kier alpha value is 0. The second-order valence-corrected chi connectivity index (χ2v) is 6.01. The van der Waals surface area contributed by atoms with Crippen LogP contribution in [0.15, 0.2) is 0 Å². The highest BCUT2D eigenvalue weighted by molar-refractivity contribution is 5.13. The van der Waals surface area contributed by atoms with Crippen molar-refractivity contribution in [3.8, 4) is 0 Å². The van der Waals surface area contributed by atoms with Gasteiger partial charge in [0.15, 0.2) is 0 Å². The Morgan fingerprint density at radius 3 is 2.46 bits per heavy atom. The topological polar surface area (TPSA) is 0 Å². The van der Waals surface area contributed by atoms with Crippen molar-refractivity contribution in [2.24, 2.45) is 29.1 Å². The van der Waals surface area contributed by atoms with Crippen LogP contribution in [0.25, 0.3) is 0 Å². The van der Waals surface area contributed by atoms with Gasteiger partial charge < -0.3 is 0 Å². The van der Waals surface area contributed by atoms with Gasteiger partial charge in [-0.05, 0) is 48.3 Å². The number of fused-ring (bicyclic) bond motifs is 4. The van der Waals surface area contributed by atoms with Gasteiger partial charge in [-0.2, -0.15) is 0 Å². The summed E-state index contributed by atoms with van der Waals surface area (Å²) in [5, 5.41) is 0. The average molecular weight is 178 g/mol. The van der Waals surface area contributed by atoms with E-state index in [1.54, 1.807) is 19.3 Å². The summed E-state index contributed by atoms with van der Waals surface area (Å²) >= 11 is 0. The van der Waals surface area contributed by atoms with E-state index in [0.29, 0.717) is 0 Å². The Bertz CT molecular complexity index is 220. The van der Waals surface area contributed by atoms with Gasteiger partial charge in [-0.15, -0.1) is 0 Å². The van der Waals surface area contributed by atoms with Crippen molar-refractivity contribution in [1.29, 1.82) is 0 Å². The molecule has 0 bridgehead atoms. The molecule has 3 fully saturated rings. The molecule has 0 nitrogen and oxygen atoms in total. The van der Waals surface area contributed by atoms with Crippen LogP contribution in [0, 0.1) is 29.1 Å². The van der Waals surface area contributed by atoms with Crippen molar-refractivity contribution >= 4 is 0 Å². The first kappa shape index (κ1) is 8.32. The molecule has 3 saturated carbocycles. The molecule has 0 N–H and O–H groups in total. The normalized spacial score (nSPS) is 58.6. The quantitative estimate of drug-likeness (QED) is 0.572. The number of rotatable bonds is 1. The van der Waals surface area contributed by atoms with Gasteiger partial charge in [0.2, 0.25) is 0 Å². The molecule has 0 saturated heterocycles. The predicted octanol–water partition coefficient (Wildman–Crippen LogP) is 3.86. The Labute approximate surface area is 82.1 Å². The second kappa shape index (κ2) is 2.52. The summed E-state index contributed by atoms with van der Waals surface area (Å²) in [5.74, 6) is 4.67. The van der Waals surface area contributed by atoms with Crippen LogP contribution in [0.1, 0.15) is 52.4 Å². The standard InChI is InChI=1S/C13H22/c1-3-13(2)8-11-9-6-4-5-7-10(9)12(11)13/h9-12H,3-8H2,1-2H3. The Morgan fingerprint density at radius 1 is 1.08 bits per heavy atom. The van der Waals surface area contributed by atoms with E-state index in [1.807, 2.05) is 0 Å². The lowest BCUT2D eigenvalue weighted by Gasteiger charge is -2.70. The second-order valence-electron chi connectivity index (χ2n) is 6.01. The van der Waals surface area contributed by atoms with Crippen molar-refractivity contribution in [2.75, 3.05) is 0 Å². The monoisotopic (exact) mass is 178 g/mol. The molecule has 74 valence electrons. The molecular formula is C13H22. The fourth-order valence-corrected chi connectivity index (χ4v) is 4.81. The molecule has 13 heavy (non-hydrogen) atoms. The summed E-state index contributed by atoms with van der Waals surface area (Å²) in [7, 11) is 0. The third-order valence-electron chi connectivity index (χ3n) is 5.66. The maximum absolute atomic E-state index is 2.54. The van der Waals surface area contributed by atoms with E-state index in [1.165, 1.54) is 31.1 Å². The van der Waals surface area contributed by atoms with E-state index in [2.05, 4.69) is 13.8 Å². The zero-order valence-corrected chi connectivity index (χ0v) is 9.05. The fourth-order valence-electron chi connectivity index (χ4n) is 4.81. The summed E-state index contributed by atoms with van der Waals surface area (Å²) in [6, 6.07) is 0. The van der Waals surface area contributed by atoms with Gasteiger partial charge in [0.25, 0.3) is 0 Å². The lowest BCUT2D eigenvalue weighted by Crippen LogP contribution is -2.64. The summed E-state index contributed by atoms with van der Waals surface area (Å²) in [6.45, 7) is 4.94. The Morgan fingerprint density at radius 2 is 1.77 bits per heavy atom. The van der Waals surface area contributed by atoms with E-state index >= 15 is 0 Å². The van der Waals surface area contributed by atoms with Gasteiger partial charge >= 0.3 is 0 Å². The third-order valence-corrected chi connectivity index (χ3v) is 5.66. The molecule has 0 heteroatoms. The third kappa shape index (κ3) is 0.877. The average Bonchev–Trinajstić information content (AvgIpc) is 2.13. The summed E-state index contributed by atoms with van der Waals surface area (Å²) in [6.07, 6.45) is 9.21. The van der Waals surface area contributed by atoms with Gasteiger partial charge in [0, 0.05) is 0 Å². The van der Waals surface area contributed by atoms with Crippen LogP contribution in [0.5, 0.6) is 0 Å². The smallest absolute Gasteiger partial charge is 0.0292 e. The molecule has 0 aromatic carbocycles. The molecule has 0 aromatic rings. The van der Waals surface area contributed by atoms with Crippen molar-refractivity contribution in [3.05, 3.63) is 0 Å². The van der Waals surface area contributed by atoms with E-state index in [0.717, 1.165) is 17.3 Å². The molecular weight excluding hydrogens is 156 g/mol. The van der Waals surface area contributed by atoms with Gasteiger partial charge in [-0.25, -0.2) is 0 Å². The number of hydrogen-bond donors (Lipinski definition) is 0. The minimum Gasteiger partial charge on any atom is -0.0649 e. The highest BCUT2D eigenvalue weighted by Crippen LogP contribution is 2.71.